The number of carboxylic acids is 1. The zero-order chi connectivity index (χ0) is 31.3. The molecule has 5 rings (SSSR count). The van der Waals surface area contributed by atoms with E-state index in [1.807, 2.05) is 13.0 Å². The summed E-state index contributed by atoms with van der Waals surface area (Å²) < 4.78 is 0. The number of carbonyl (C=O) groups excluding carboxylic acids is 2. The molecule has 0 radical (unpaired) electrons. The van der Waals surface area contributed by atoms with E-state index in [1.54, 1.807) is 19.1 Å². The first kappa shape index (κ1) is 31.7. The standard InChI is InChI=1S/C30H43N3O10/c1-28-9-7-19(34)14-17(28)5-6-20-21-8-10-30(40,29(21,2)15-22(35)23(20)28)26(37)25(36)24(27(38)39)32-12-11-31-16-18(32)4-3-13-43-33(41)42/h7,9,14,18,20-25,31,35-36,40H,3-6,8,10-13,15-16H2,1-2H3,(H,38,39)/t18?,20-,21-,22-,23+,24?,25?,28-,29-,30-/m0/s1. The zero-order valence-corrected chi connectivity index (χ0v) is 24.7. The summed E-state index contributed by atoms with van der Waals surface area (Å²) in [6.07, 6.45) is 4.76. The van der Waals surface area contributed by atoms with Gasteiger partial charge in [-0.1, -0.05) is 25.5 Å². The fourth-order valence-electron chi connectivity index (χ4n) is 9.45. The number of nitrogens with zero attached hydrogens (tertiary/aromatic N) is 2. The number of carboxylic acid groups (broad SMARTS) is 1. The molecule has 1 saturated heterocycles. The molecule has 0 aromatic rings. The van der Waals surface area contributed by atoms with Crippen LogP contribution in [0.1, 0.15) is 58.8 Å². The van der Waals surface area contributed by atoms with Crippen molar-refractivity contribution in [3.63, 3.8) is 0 Å². The molecule has 0 spiro atoms. The minimum Gasteiger partial charge on any atom is -0.480 e. The van der Waals surface area contributed by atoms with Crippen molar-refractivity contribution in [1.82, 2.24) is 10.2 Å². The maximum atomic E-state index is 14.1. The molecule has 4 fully saturated rings. The van der Waals surface area contributed by atoms with Crippen LogP contribution in [0.2, 0.25) is 0 Å². The van der Waals surface area contributed by atoms with E-state index in [4.69, 9.17) is 0 Å². The Morgan fingerprint density at radius 2 is 2.05 bits per heavy atom. The van der Waals surface area contributed by atoms with E-state index in [2.05, 4.69) is 10.2 Å². The van der Waals surface area contributed by atoms with Crippen LogP contribution in [0, 0.1) is 38.7 Å². The minimum absolute atomic E-state index is 0.0399. The molecule has 3 unspecified atom stereocenters. The monoisotopic (exact) mass is 605 g/mol. The summed E-state index contributed by atoms with van der Waals surface area (Å²) in [6, 6.07) is -2.07. The van der Waals surface area contributed by atoms with E-state index in [-0.39, 0.29) is 56.0 Å². The summed E-state index contributed by atoms with van der Waals surface area (Å²) in [7, 11) is 0. The number of piperazine rings is 1. The molecule has 4 aliphatic carbocycles. The van der Waals surface area contributed by atoms with Crippen molar-refractivity contribution in [2.75, 3.05) is 26.2 Å². The summed E-state index contributed by atoms with van der Waals surface area (Å²) >= 11 is 0. The number of Topliss-reactive ketones (excluding diaryl/α,β-unsaturated/α-hetero) is 1. The summed E-state index contributed by atoms with van der Waals surface area (Å²) in [5, 5.41) is 58.2. The minimum atomic E-state index is -2.05. The maximum absolute atomic E-state index is 14.1. The Kier molecular flexibility index (Phi) is 8.60. The second kappa shape index (κ2) is 11.7. The van der Waals surface area contributed by atoms with Gasteiger partial charge in [0.15, 0.2) is 11.6 Å². The molecule has 3 saturated carbocycles. The Morgan fingerprint density at radius 1 is 1.30 bits per heavy atom. The van der Waals surface area contributed by atoms with Crippen molar-refractivity contribution in [2.45, 2.75) is 88.7 Å². The fraction of sp³-hybridized carbons (Fsp3) is 0.767. The highest BCUT2D eigenvalue weighted by molar-refractivity contribution is 6.01. The largest absolute Gasteiger partial charge is 0.480 e. The van der Waals surface area contributed by atoms with Crippen molar-refractivity contribution in [2.24, 2.45) is 28.6 Å². The Labute approximate surface area is 250 Å². The summed E-state index contributed by atoms with van der Waals surface area (Å²) in [5.41, 5.74) is -2.67. The molecular weight excluding hydrogens is 562 g/mol. The molecule has 0 amide bonds. The van der Waals surface area contributed by atoms with Gasteiger partial charge in [-0.15, -0.1) is 10.1 Å². The number of fused-ring (bicyclic) bond motifs is 5. The molecule has 1 heterocycles. The van der Waals surface area contributed by atoms with Crippen molar-refractivity contribution in [3.8, 4) is 0 Å². The Hall–Kier alpha value is -2.71. The van der Waals surface area contributed by atoms with E-state index < -0.39 is 57.6 Å². The summed E-state index contributed by atoms with van der Waals surface area (Å²) in [4.78, 5) is 55.2. The van der Waals surface area contributed by atoms with Gasteiger partial charge in [-0.05, 0) is 68.9 Å². The number of aliphatic hydroxyl groups is 3. The third kappa shape index (κ3) is 5.22. The lowest BCUT2D eigenvalue weighted by atomic mass is 9.46. The Morgan fingerprint density at radius 3 is 2.74 bits per heavy atom. The first-order valence-electron chi connectivity index (χ1n) is 15.3. The first-order chi connectivity index (χ1) is 20.2. The molecule has 0 aromatic carbocycles. The lowest BCUT2D eigenvalue weighted by Gasteiger charge is -2.59. The molecule has 13 nitrogen and oxygen atoms in total. The molecule has 1 aliphatic heterocycles. The van der Waals surface area contributed by atoms with Crippen molar-refractivity contribution >= 4 is 17.5 Å². The number of carbonyl (C=O) groups is 3. The SMILES string of the molecule is C[C@]12C=CC(=O)C=C1CC[C@@H]1[C@@H]2[C@@H](O)C[C@@]2(C)[C@H]1CC[C@]2(O)C(=O)C(O)C(C(=O)O)N1CCNCC1CCCO[N+](=O)[O-]. The van der Waals surface area contributed by atoms with Crippen molar-refractivity contribution in [1.29, 1.82) is 0 Å². The Bertz CT molecular complexity index is 1220. The molecule has 0 bridgehead atoms. The predicted molar refractivity (Wildman–Crippen MR) is 151 cm³/mol. The van der Waals surface area contributed by atoms with Crippen LogP contribution in [0.15, 0.2) is 23.8 Å². The fourth-order valence-corrected chi connectivity index (χ4v) is 9.45. The number of hydrogen-bond donors (Lipinski definition) is 5. The van der Waals surface area contributed by atoms with Crippen LogP contribution in [0.25, 0.3) is 0 Å². The van der Waals surface area contributed by atoms with Crippen LogP contribution >= 0.6 is 0 Å². The van der Waals surface area contributed by atoms with Crippen molar-refractivity contribution in [3.05, 3.63) is 33.9 Å². The molecular formula is C30H43N3O10. The Balaban J connectivity index is 1.38. The van der Waals surface area contributed by atoms with Gasteiger partial charge in [0.05, 0.1) is 12.7 Å². The van der Waals surface area contributed by atoms with Crippen LogP contribution < -0.4 is 5.32 Å². The first-order valence-corrected chi connectivity index (χ1v) is 15.3. The number of nitrogens with one attached hydrogen (secondary N) is 1. The third-order valence-corrected chi connectivity index (χ3v) is 11.5. The van der Waals surface area contributed by atoms with Gasteiger partial charge in [0, 0.05) is 42.4 Å². The second-order valence-corrected chi connectivity index (χ2v) is 13.5. The van der Waals surface area contributed by atoms with Crippen LogP contribution in [0.5, 0.6) is 0 Å². The van der Waals surface area contributed by atoms with Crippen LogP contribution in [-0.4, -0.2) is 104 Å². The number of ketones is 2. The molecule has 43 heavy (non-hydrogen) atoms. The quantitative estimate of drug-likeness (QED) is 0.132. The molecule has 13 heteroatoms. The predicted octanol–water partition coefficient (Wildman–Crippen LogP) is 0.642. The number of aliphatic hydroxyl groups excluding tert-OH is 2. The van der Waals surface area contributed by atoms with Gasteiger partial charge in [0.1, 0.15) is 17.7 Å². The molecule has 5 N–H and O–H groups in total. The molecule has 5 aliphatic rings. The lowest BCUT2D eigenvalue weighted by Crippen LogP contribution is -2.67. The van der Waals surface area contributed by atoms with Gasteiger partial charge in [0.25, 0.3) is 5.09 Å². The van der Waals surface area contributed by atoms with Gasteiger partial charge in [-0.3, -0.25) is 19.3 Å². The second-order valence-electron chi connectivity index (χ2n) is 13.5. The number of allylic oxidation sites excluding steroid dienone is 4. The summed E-state index contributed by atoms with van der Waals surface area (Å²) in [6.45, 7) is 4.64. The highest BCUT2D eigenvalue weighted by atomic mass is 16.9. The van der Waals surface area contributed by atoms with Gasteiger partial charge in [-0.25, -0.2) is 0 Å². The average Bonchev–Trinajstić information content (AvgIpc) is 3.22. The van der Waals surface area contributed by atoms with E-state index >= 15 is 0 Å². The topological polar surface area (TPSA) is 200 Å². The number of hydrogen-bond acceptors (Lipinski definition) is 11. The number of rotatable bonds is 10. The zero-order valence-electron chi connectivity index (χ0n) is 24.7. The van der Waals surface area contributed by atoms with E-state index in [0.717, 1.165) is 5.57 Å². The highest BCUT2D eigenvalue weighted by Gasteiger charge is 2.69. The van der Waals surface area contributed by atoms with Crippen LogP contribution in [0.3, 0.4) is 0 Å². The average molecular weight is 606 g/mol. The van der Waals surface area contributed by atoms with E-state index in [0.29, 0.717) is 38.8 Å². The van der Waals surface area contributed by atoms with Gasteiger partial charge in [0.2, 0.25) is 0 Å². The van der Waals surface area contributed by atoms with E-state index in [1.165, 1.54) is 4.90 Å². The molecule has 238 valence electrons. The van der Waals surface area contributed by atoms with Gasteiger partial charge < -0.3 is 30.6 Å². The maximum Gasteiger partial charge on any atom is 0.324 e. The van der Waals surface area contributed by atoms with Crippen molar-refractivity contribution < 1.29 is 44.7 Å². The molecule has 0 aromatic heterocycles. The van der Waals surface area contributed by atoms with E-state index in [9.17, 15) is 44.9 Å². The summed E-state index contributed by atoms with van der Waals surface area (Å²) in [5.74, 6) is -2.81. The van der Waals surface area contributed by atoms with Crippen LogP contribution in [-0.2, 0) is 19.2 Å². The smallest absolute Gasteiger partial charge is 0.324 e. The van der Waals surface area contributed by atoms with Gasteiger partial charge in [-0.2, -0.15) is 0 Å². The lowest BCUT2D eigenvalue weighted by molar-refractivity contribution is -0.757. The number of aliphatic carboxylic acids is 1. The normalized spacial score (nSPS) is 40.4. The molecule has 10 atom stereocenters. The van der Waals surface area contributed by atoms with Gasteiger partial charge >= 0.3 is 5.97 Å². The third-order valence-electron chi connectivity index (χ3n) is 11.5. The van der Waals surface area contributed by atoms with Crippen LogP contribution in [0.4, 0.5) is 0 Å². The highest BCUT2D eigenvalue weighted by Crippen LogP contribution is 2.67.